The van der Waals surface area contributed by atoms with E-state index in [1.165, 1.54) is 11.5 Å². The number of nitrogens with two attached hydrogens (primary N) is 1. The minimum absolute atomic E-state index is 0.451. The highest BCUT2D eigenvalue weighted by molar-refractivity contribution is 9.10. The molecule has 1 aromatic heterocycles. The zero-order valence-electron chi connectivity index (χ0n) is 6.87. The molecule has 1 aromatic carbocycles. The van der Waals surface area contributed by atoms with Crippen LogP contribution in [0.5, 0.6) is 0 Å². The van der Waals surface area contributed by atoms with E-state index >= 15 is 0 Å². The standard InChI is InChI=1S/C8H5BrClN3S/c9-6-2-1-4(10)3-5(6)7-12-8(11)14-13-7/h1-3H,(H2,11,12,13). The van der Waals surface area contributed by atoms with Crippen LogP contribution < -0.4 is 5.73 Å². The first-order chi connectivity index (χ1) is 6.66. The monoisotopic (exact) mass is 289 g/mol. The second-order valence-corrected chi connectivity index (χ2v) is 4.65. The summed E-state index contributed by atoms with van der Waals surface area (Å²) >= 11 is 10.4. The van der Waals surface area contributed by atoms with Crippen LogP contribution in [0.15, 0.2) is 22.7 Å². The molecular formula is C8H5BrClN3S. The van der Waals surface area contributed by atoms with Gasteiger partial charge in [-0.1, -0.05) is 27.5 Å². The van der Waals surface area contributed by atoms with E-state index < -0.39 is 0 Å². The summed E-state index contributed by atoms with van der Waals surface area (Å²) in [5, 5.41) is 1.10. The first-order valence-corrected chi connectivity index (χ1v) is 5.66. The van der Waals surface area contributed by atoms with Crippen molar-refractivity contribution >= 4 is 44.2 Å². The fourth-order valence-corrected chi connectivity index (χ4v) is 2.06. The molecule has 1 heterocycles. The molecule has 2 N–H and O–H groups in total. The molecule has 0 atom stereocenters. The number of benzene rings is 1. The summed E-state index contributed by atoms with van der Waals surface area (Å²) in [6.45, 7) is 0. The first kappa shape index (κ1) is 9.89. The van der Waals surface area contributed by atoms with Gasteiger partial charge in [0.05, 0.1) is 0 Å². The van der Waals surface area contributed by atoms with Crippen molar-refractivity contribution in [2.24, 2.45) is 0 Å². The molecule has 2 rings (SSSR count). The Morgan fingerprint density at radius 1 is 1.43 bits per heavy atom. The van der Waals surface area contributed by atoms with E-state index in [4.69, 9.17) is 17.3 Å². The predicted molar refractivity (Wildman–Crippen MR) is 62.5 cm³/mol. The normalized spacial score (nSPS) is 10.4. The van der Waals surface area contributed by atoms with Crippen LogP contribution in [-0.2, 0) is 0 Å². The van der Waals surface area contributed by atoms with E-state index in [-0.39, 0.29) is 0 Å². The minimum atomic E-state index is 0.451. The number of hydrogen-bond acceptors (Lipinski definition) is 4. The lowest BCUT2D eigenvalue weighted by atomic mass is 10.2. The van der Waals surface area contributed by atoms with Crippen molar-refractivity contribution in [1.29, 1.82) is 0 Å². The van der Waals surface area contributed by atoms with Crippen molar-refractivity contribution in [3.8, 4) is 11.4 Å². The summed E-state index contributed by atoms with van der Waals surface area (Å²) in [6.07, 6.45) is 0. The van der Waals surface area contributed by atoms with Crippen molar-refractivity contribution in [2.45, 2.75) is 0 Å². The van der Waals surface area contributed by atoms with Crippen LogP contribution in [0.4, 0.5) is 5.13 Å². The van der Waals surface area contributed by atoms with Crippen LogP contribution in [0, 0.1) is 0 Å². The maximum atomic E-state index is 5.87. The van der Waals surface area contributed by atoms with Crippen LogP contribution in [0.2, 0.25) is 5.02 Å². The molecule has 0 bridgehead atoms. The van der Waals surface area contributed by atoms with Gasteiger partial charge in [0.15, 0.2) is 11.0 Å². The van der Waals surface area contributed by atoms with E-state index in [2.05, 4.69) is 25.3 Å². The fourth-order valence-electron chi connectivity index (χ4n) is 1.01. The van der Waals surface area contributed by atoms with Crippen LogP contribution in [0.3, 0.4) is 0 Å². The van der Waals surface area contributed by atoms with Crippen molar-refractivity contribution < 1.29 is 0 Å². The number of nitrogens with zero attached hydrogens (tertiary/aromatic N) is 2. The third-order valence-corrected chi connectivity index (χ3v) is 3.08. The van der Waals surface area contributed by atoms with E-state index in [1.54, 1.807) is 12.1 Å². The Balaban J connectivity index is 2.55. The lowest BCUT2D eigenvalue weighted by Crippen LogP contribution is -1.85. The van der Waals surface area contributed by atoms with Crippen molar-refractivity contribution in [3.63, 3.8) is 0 Å². The Kier molecular flexibility index (Phi) is 2.71. The quantitative estimate of drug-likeness (QED) is 0.877. The average Bonchev–Trinajstić information content (AvgIpc) is 2.56. The number of halogens is 2. The average molecular weight is 291 g/mol. The zero-order valence-corrected chi connectivity index (χ0v) is 10.0. The number of hydrogen-bond donors (Lipinski definition) is 1. The van der Waals surface area contributed by atoms with Gasteiger partial charge in [-0.15, -0.1) is 0 Å². The first-order valence-electron chi connectivity index (χ1n) is 3.71. The maximum absolute atomic E-state index is 5.87. The molecule has 0 unspecified atom stereocenters. The van der Waals surface area contributed by atoms with E-state index in [0.717, 1.165) is 10.0 Å². The summed E-state index contributed by atoms with van der Waals surface area (Å²) in [6, 6.07) is 5.45. The van der Waals surface area contributed by atoms with Crippen LogP contribution in [0.25, 0.3) is 11.4 Å². The maximum Gasteiger partial charge on any atom is 0.200 e. The Hall–Kier alpha value is -0.650. The molecule has 0 aliphatic rings. The van der Waals surface area contributed by atoms with E-state index in [0.29, 0.717) is 16.0 Å². The molecule has 0 saturated carbocycles. The molecule has 3 nitrogen and oxygen atoms in total. The van der Waals surface area contributed by atoms with Crippen molar-refractivity contribution in [2.75, 3.05) is 5.73 Å². The van der Waals surface area contributed by atoms with E-state index in [1.807, 2.05) is 6.07 Å². The number of rotatable bonds is 1. The van der Waals surface area contributed by atoms with Gasteiger partial charge in [0.25, 0.3) is 0 Å². The second-order valence-electron chi connectivity index (χ2n) is 2.58. The van der Waals surface area contributed by atoms with Gasteiger partial charge in [0, 0.05) is 26.6 Å². The van der Waals surface area contributed by atoms with Crippen LogP contribution >= 0.6 is 39.1 Å². The van der Waals surface area contributed by atoms with Gasteiger partial charge in [-0.3, -0.25) is 0 Å². The van der Waals surface area contributed by atoms with Crippen LogP contribution in [-0.4, -0.2) is 9.36 Å². The van der Waals surface area contributed by atoms with Crippen molar-refractivity contribution in [3.05, 3.63) is 27.7 Å². The summed E-state index contributed by atoms with van der Waals surface area (Å²) in [5.41, 5.74) is 6.35. The smallest absolute Gasteiger partial charge is 0.200 e. The van der Waals surface area contributed by atoms with Gasteiger partial charge in [-0.2, -0.15) is 9.36 Å². The molecule has 0 aliphatic heterocycles. The van der Waals surface area contributed by atoms with Gasteiger partial charge in [0.1, 0.15) is 0 Å². The Morgan fingerprint density at radius 3 is 2.86 bits per heavy atom. The predicted octanol–water partition coefficient (Wildman–Crippen LogP) is 3.20. The fraction of sp³-hybridized carbons (Fsp3) is 0. The summed E-state index contributed by atoms with van der Waals surface area (Å²) < 4.78 is 5.01. The summed E-state index contributed by atoms with van der Waals surface area (Å²) in [5.74, 6) is 0.599. The highest BCUT2D eigenvalue weighted by Gasteiger charge is 2.08. The van der Waals surface area contributed by atoms with E-state index in [9.17, 15) is 0 Å². The lowest BCUT2D eigenvalue weighted by Gasteiger charge is -1.99. The third-order valence-electron chi connectivity index (χ3n) is 1.61. The number of aromatic nitrogens is 2. The highest BCUT2D eigenvalue weighted by atomic mass is 79.9. The van der Waals surface area contributed by atoms with Gasteiger partial charge in [0.2, 0.25) is 0 Å². The van der Waals surface area contributed by atoms with Gasteiger partial charge < -0.3 is 5.73 Å². The molecule has 0 spiro atoms. The van der Waals surface area contributed by atoms with Gasteiger partial charge in [-0.05, 0) is 18.2 Å². The van der Waals surface area contributed by atoms with Gasteiger partial charge >= 0.3 is 0 Å². The third kappa shape index (κ3) is 1.89. The molecule has 6 heteroatoms. The molecule has 72 valence electrons. The topological polar surface area (TPSA) is 51.8 Å². The molecular weight excluding hydrogens is 286 g/mol. The lowest BCUT2D eigenvalue weighted by molar-refractivity contribution is 1.32. The second kappa shape index (κ2) is 3.84. The molecule has 0 aliphatic carbocycles. The Labute approximate surface area is 98.2 Å². The molecule has 14 heavy (non-hydrogen) atoms. The molecule has 0 amide bonds. The molecule has 0 fully saturated rings. The number of nitrogen functional groups attached to an aromatic ring is 1. The zero-order chi connectivity index (χ0) is 10.1. The summed E-state index contributed by atoms with van der Waals surface area (Å²) in [7, 11) is 0. The highest BCUT2D eigenvalue weighted by Crippen LogP contribution is 2.29. The minimum Gasteiger partial charge on any atom is -0.374 e. The molecule has 0 radical (unpaired) electrons. The SMILES string of the molecule is Nc1nc(-c2cc(Cl)ccc2Br)ns1. The Bertz CT molecular complexity index is 471. The molecule has 0 saturated heterocycles. The molecule has 2 aromatic rings. The van der Waals surface area contributed by atoms with Gasteiger partial charge in [-0.25, -0.2) is 0 Å². The number of anilines is 1. The largest absolute Gasteiger partial charge is 0.374 e. The van der Waals surface area contributed by atoms with Crippen LogP contribution in [0.1, 0.15) is 0 Å². The summed E-state index contributed by atoms with van der Waals surface area (Å²) in [4.78, 5) is 4.08. The van der Waals surface area contributed by atoms with Crippen molar-refractivity contribution in [1.82, 2.24) is 9.36 Å². The Morgan fingerprint density at radius 2 is 2.21 bits per heavy atom.